The highest BCUT2D eigenvalue weighted by Gasteiger charge is 2.23. The summed E-state index contributed by atoms with van der Waals surface area (Å²) in [5.74, 6) is 0.853. The Hall–Kier alpha value is -1.35. The standard InChI is InChI=1S/C18H28N2O/c1-3-19-14(2)13-18(21)20-17-11-9-16(10-12-17)15-7-5-4-6-8-15/h4-8,14,16-17,19H,3,9-13H2,1-2H3,(H,20,21). The van der Waals surface area contributed by atoms with E-state index in [9.17, 15) is 4.79 Å². The van der Waals surface area contributed by atoms with Crippen molar-refractivity contribution in [2.75, 3.05) is 6.54 Å². The third-order valence-corrected chi connectivity index (χ3v) is 4.41. The van der Waals surface area contributed by atoms with Crippen molar-refractivity contribution in [2.24, 2.45) is 0 Å². The molecular weight excluding hydrogens is 260 g/mol. The lowest BCUT2D eigenvalue weighted by Crippen LogP contribution is -2.40. The minimum atomic E-state index is 0.187. The van der Waals surface area contributed by atoms with E-state index in [1.807, 2.05) is 0 Å². The van der Waals surface area contributed by atoms with Crippen molar-refractivity contribution in [3.05, 3.63) is 35.9 Å². The van der Waals surface area contributed by atoms with Gasteiger partial charge in [0.05, 0.1) is 0 Å². The Kier molecular flexibility index (Phi) is 6.24. The molecule has 0 aromatic heterocycles. The highest BCUT2D eigenvalue weighted by Crippen LogP contribution is 2.32. The van der Waals surface area contributed by atoms with Gasteiger partial charge in [0.15, 0.2) is 0 Å². The van der Waals surface area contributed by atoms with Crippen LogP contribution in [0.25, 0.3) is 0 Å². The molecule has 2 rings (SSSR count). The number of carbonyl (C=O) groups is 1. The molecule has 0 aliphatic heterocycles. The minimum absolute atomic E-state index is 0.187. The average Bonchev–Trinajstić information content (AvgIpc) is 2.49. The number of hydrogen-bond acceptors (Lipinski definition) is 2. The van der Waals surface area contributed by atoms with Crippen LogP contribution in [0.3, 0.4) is 0 Å². The number of carbonyl (C=O) groups excluding carboxylic acids is 1. The van der Waals surface area contributed by atoms with Gasteiger partial charge < -0.3 is 10.6 Å². The summed E-state index contributed by atoms with van der Waals surface area (Å²) in [6.07, 6.45) is 5.13. The van der Waals surface area contributed by atoms with Crippen LogP contribution in [-0.2, 0) is 4.79 Å². The Morgan fingerprint density at radius 3 is 2.48 bits per heavy atom. The van der Waals surface area contributed by atoms with E-state index < -0.39 is 0 Å². The quantitative estimate of drug-likeness (QED) is 0.844. The number of hydrogen-bond donors (Lipinski definition) is 2. The van der Waals surface area contributed by atoms with Gasteiger partial charge in [0.25, 0.3) is 0 Å². The Morgan fingerprint density at radius 2 is 1.86 bits per heavy atom. The van der Waals surface area contributed by atoms with Crippen molar-refractivity contribution in [2.45, 2.75) is 64.0 Å². The summed E-state index contributed by atoms with van der Waals surface area (Å²) >= 11 is 0. The molecular formula is C18H28N2O. The van der Waals surface area contributed by atoms with Crippen LogP contribution in [0.1, 0.15) is 57.4 Å². The number of amides is 1. The predicted molar refractivity (Wildman–Crippen MR) is 87.3 cm³/mol. The molecule has 1 aliphatic carbocycles. The highest BCUT2D eigenvalue weighted by atomic mass is 16.1. The maximum atomic E-state index is 12.0. The summed E-state index contributed by atoms with van der Waals surface area (Å²) in [7, 11) is 0. The van der Waals surface area contributed by atoms with Crippen LogP contribution >= 0.6 is 0 Å². The Balaban J connectivity index is 1.73. The molecule has 0 bridgehead atoms. The molecule has 1 unspecified atom stereocenters. The molecule has 3 heteroatoms. The molecule has 2 N–H and O–H groups in total. The fourth-order valence-electron chi connectivity index (χ4n) is 3.28. The van der Waals surface area contributed by atoms with Crippen LogP contribution < -0.4 is 10.6 Å². The van der Waals surface area contributed by atoms with Crippen LogP contribution in [0.4, 0.5) is 0 Å². The summed E-state index contributed by atoms with van der Waals surface area (Å²) in [6, 6.07) is 11.4. The van der Waals surface area contributed by atoms with E-state index in [4.69, 9.17) is 0 Å². The monoisotopic (exact) mass is 288 g/mol. The molecule has 1 amide bonds. The van der Waals surface area contributed by atoms with Gasteiger partial charge in [-0.2, -0.15) is 0 Å². The number of benzene rings is 1. The highest BCUT2D eigenvalue weighted by molar-refractivity contribution is 5.76. The first-order chi connectivity index (χ1) is 10.2. The SMILES string of the molecule is CCNC(C)CC(=O)NC1CCC(c2ccccc2)CC1. The second-order valence-corrected chi connectivity index (χ2v) is 6.19. The first-order valence-corrected chi connectivity index (χ1v) is 8.26. The van der Waals surface area contributed by atoms with E-state index in [-0.39, 0.29) is 11.9 Å². The molecule has 1 aromatic carbocycles. The largest absolute Gasteiger partial charge is 0.353 e. The maximum absolute atomic E-state index is 12.0. The van der Waals surface area contributed by atoms with Crippen LogP contribution in [0.2, 0.25) is 0 Å². The van der Waals surface area contributed by atoms with Gasteiger partial charge in [0.1, 0.15) is 0 Å². The van der Waals surface area contributed by atoms with Crippen LogP contribution in [0, 0.1) is 0 Å². The van der Waals surface area contributed by atoms with Crippen molar-refractivity contribution in [3.63, 3.8) is 0 Å². The van der Waals surface area contributed by atoms with E-state index in [1.54, 1.807) is 0 Å². The van der Waals surface area contributed by atoms with E-state index in [1.165, 1.54) is 18.4 Å². The van der Waals surface area contributed by atoms with Crippen molar-refractivity contribution in [1.29, 1.82) is 0 Å². The molecule has 1 fully saturated rings. The minimum Gasteiger partial charge on any atom is -0.353 e. The molecule has 1 atom stereocenters. The Labute approximate surface area is 128 Å². The van der Waals surface area contributed by atoms with Crippen molar-refractivity contribution in [1.82, 2.24) is 10.6 Å². The lowest BCUT2D eigenvalue weighted by molar-refractivity contribution is -0.122. The van der Waals surface area contributed by atoms with Gasteiger partial charge in [0, 0.05) is 18.5 Å². The Bertz CT molecular complexity index is 424. The smallest absolute Gasteiger partial charge is 0.221 e. The van der Waals surface area contributed by atoms with Crippen LogP contribution in [0.15, 0.2) is 30.3 Å². The van der Waals surface area contributed by atoms with E-state index in [2.05, 4.69) is 54.8 Å². The molecule has 0 spiro atoms. The third kappa shape index (κ3) is 5.16. The fourth-order valence-corrected chi connectivity index (χ4v) is 3.28. The van der Waals surface area contributed by atoms with Crippen LogP contribution in [-0.4, -0.2) is 24.5 Å². The van der Waals surface area contributed by atoms with Gasteiger partial charge >= 0.3 is 0 Å². The number of rotatable bonds is 6. The molecule has 0 radical (unpaired) electrons. The zero-order valence-electron chi connectivity index (χ0n) is 13.3. The zero-order valence-corrected chi connectivity index (χ0v) is 13.3. The van der Waals surface area contributed by atoms with Crippen molar-refractivity contribution in [3.8, 4) is 0 Å². The summed E-state index contributed by atoms with van der Waals surface area (Å²) in [5, 5.41) is 6.48. The van der Waals surface area contributed by atoms with E-state index in [0.29, 0.717) is 18.4 Å². The van der Waals surface area contributed by atoms with Gasteiger partial charge in [-0.25, -0.2) is 0 Å². The van der Waals surface area contributed by atoms with E-state index >= 15 is 0 Å². The molecule has 1 saturated carbocycles. The summed E-state index contributed by atoms with van der Waals surface area (Å²) in [4.78, 5) is 12.0. The lowest BCUT2D eigenvalue weighted by atomic mass is 9.82. The molecule has 1 aromatic rings. The summed E-state index contributed by atoms with van der Waals surface area (Å²) in [5.41, 5.74) is 1.45. The molecule has 21 heavy (non-hydrogen) atoms. The van der Waals surface area contributed by atoms with Crippen molar-refractivity contribution >= 4 is 5.91 Å². The van der Waals surface area contributed by atoms with Gasteiger partial charge in [-0.15, -0.1) is 0 Å². The second kappa shape index (κ2) is 8.18. The number of nitrogens with one attached hydrogen (secondary N) is 2. The Morgan fingerprint density at radius 1 is 1.19 bits per heavy atom. The van der Waals surface area contributed by atoms with Gasteiger partial charge in [0.2, 0.25) is 5.91 Å². The summed E-state index contributed by atoms with van der Waals surface area (Å²) < 4.78 is 0. The van der Waals surface area contributed by atoms with Gasteiger partial charge in [-0.3, -0.25) is 4.79 Å². The first-order valence-electron chi connectivity index (χ1n) is 8.26. The van der Waals surface area contributed by atoms with Crippen molar-refractivity contribution < 1.29 is 4.79 Å². The van der Waals surface area contributed by atoms with Gasteiger partial charge in [-0.05, 0) is 50.6 Å². The topological polar surface area (TPSA) is 41.1 Å². The fraction of sp³-hybridized carbons (Fsp3) is 0.611. The second-order valence-electron chi connectivity index (χ2n) is 6.19. The first kappa shape index (κ1) is 16.0. The normalized spacial score (nSPS) is 23.5. The third-order valence-electron chi connectivity index (χ3n) is 4.41. The predicted octanol–water partition coefficient (Wildman–Crippen LogP) is 3.22. The molecule has 1 aliphatic rings. The average molecular weight is 288 g/mol. The van der Waals surface area contributed by atoms with E-state index in [0.717, 1.165) is 19.4 Å². The summed E-state index contributed by atoms with van der Waals surface area (Å²) in [6.45, 7) is 5.05. The molecule has 0 heterocycles. The van der Waals surface area contributed by atoms with Gasteiger partial charge in [-0.1, -0.05) is 37.3 Å². The van der Waals surface area contributed by atoms with Crippen LogP contribution in [0.5, 0.6) is 0 Å². The maximum Gasteiger partial charge on any atom is 0.221 e. The zero-order chi connectivity index (χ0) is 15.1. The molecule has 116 valence electrons. The molecule has 3 nitrogen and oxygen atoms in total. The lowest BCUT2D eigenvalue weighted by Gasteiger charge is -2.29. The molecule has 0 saturated heterocycles.